The number of hydrogen-bond acceptors (Lipinski definition) is 5. The summed E-state index contributed by atoms with van der Waals surface area (Å²) in [6.45, 7) is 2.75. The smallest absolute Gasteiger partial charge is 0.241 e. The molecular weight excluding hydrogens is 262 g/mol. The predicted molar refractivity (Wildman–Crippen MR) is 73.0 cm³/mol. The van der Waals surface area contributed by atoms with Gasteiger partial charge in [-0.2, -0.15) is 5.10 Å². The summed E-state index contributed by atoms with van der Waals surface area (Å²) >= 11 is 1.58. The average Bonchev–Trinajstić information content (AvgIpc) is 3.01. The Bertz CT molecular complexity index is 564. The zero-order valence-corrected chi connectivity index (χ0v) is 11.5. The van der Waals surface area contributed by atoms with Crippen LogP contribution >= 0.6 is 11.3 Å². The largest absolute Gasteiger partial charge is 0.307 e. The quantitative estimate of drug-likeness (QED) is 0.830. The van der Waals surface area contributed by atoms with E-state index >= 15 is 0 Å². The first-order chi connectivity index (χ1) is 9.22. The van der Waals surface area contributed by atoms with Crippen LogP contribution in [0.1, 0.15) is 5.69 Å². The highest BCUT2D eigenvalue weighted by Gasteiger charge is 2.25. The van der Waals surface area contributed by atoms with Crippen LogP contribution in [0, 0.1) is 0 Å². The van der Waals surface area contributed by atoms with Gasteiger partial charge in [-0.05, 0) is 0 Å². The van der Waals surface area contributed by atoms with Gasteiger partial charge in [0.15, 0.2) is 0 Å². The third-order valence-corrected chi connectivity index (χ3v) is 3.81. The van der Waals surface area contributed by atoms with E-state index in [-0.39, 0.29) is 5.91 Å². The highest BCUT2D eigenvalue weighted by atomic mass is 32.1. The molecule has 0 aromatic carbocycles. The van der Waals surface area contributed by atoms with Gasteiger partial charge in [-0.25, -0.2) is 4.98 Å². The second kappa shape index (κ2) is 5.10. The molecule has 0 N–H and O–H groups in total. The number of thiazole rings is 1. The van der Waals surface area contributed by atoms with Gasteiger partial charge in [0.1, 0.15) is 0 Å². The number of rotatable bonds is 3. The Kier molecular flexibility index (Phi) is 3.31. The van der Waals surface area contributed by atoms with Gasteiger partial charge in [-0.1, -0.05) is 0 Å². The first-order valence-electron chi connectivity index (χ1n) is 6.11. The van der Waals surface area contributed by atoms with Crippen LogP contribution in [0.5, 0.6) is 0 Å². The highest BCUT2D eigenvalue weighted by Crippen LogP contribution is 2.17. The summed E-state index contributed by atoms with van der Waals surface area (Å²) in [6.07, 6.45) is 3.60. The molecule has 3 rings (SSSR count). The van der Waals surface area contributed by atoms with Crippen LogP contribution in [0.4, 0.5) is 5.69 Å². The highest BCUT2D eigenvalue weighted by molar-refractivity contribution is 7.07. The van der Waals surface area contributed by atoms with Crippen LogP contribution in [0.25, 0.3) is 0 Å². The van der Waals surface area contributed by atoms with Crippen molar-refractivity contribution < 1.29 is 4.79 Å². The molecule has 100 valence electrons. The summed E-state index contributed by atoms with van der Waals surface area (Å²) in [5.74, 6) is 0.120. The lowest BCUT2D eigenvalue weighted by molar-refractivity contribution is -0.121. The topological polar surface area (TPSA) is 54.3 Å². The zero-order chi connectivity index (χ0) is 13.2. The van der Waals surface area contributed by atoms with E-state index in [1.54, 1.807) is 27.1 Å². The van der Waals surface area contributed by atoms with E-state index in [9.17, 15) is 4.79 Å². The van der Waals surface area contributed by atoms with E-state index < -0.39 is 0 Å². The van der Waals surface area contributed by atoms with Crippen LogP contribution in [0.2, 0.25) is 0 Å². The fraction of sp³-hybridized carbons (Fsp3) is 0.417. The van der Waals surface area contributed by atoms with Crippen molar-refractivity contribution in [2.24, 2.45) is 7.05 Å². The minimum absolute atomic E-state index is 0.120. The second-order valence-corrected chi connectivity index (χ2v) is 5.33. The third-order valence-electron chi connectivity index (χ3n) is 3.17. The number of carbonyl (C=O) groups excluding carboxylic acids is 1. The van der Waals surface area contributed by atoms with Crippen LogP contribution in [0.15, 0.2) is 23.3 Å². The second-order valence-electron chi connectivity index (χ2n) is 4.61. The maximum atomic E-state index is 12.2. The molecule has 0 bridgehead atoms. The number of aryl methyl sites for hydroxylation is 1. The fourth-order valence-electron chi connectivity index (χ4n) is 2.22. The van der Waals surface area contributed by atoms with Crippen molar-refractivity contribution in [3.05, 3.63) is 29.0 Å². The molecule has 0 saturated carbocycles. The number of anilines is 1. The zero-order valence-electron chi connectivity index (χ0n) is 10.7. The average molecular weight is 277 g/mol. The van der Waals surface area contributed by atoms with Gasteiger partial charge >= 0.3 is 0 Å². The molecule has 19 heavy (non-hydrogen) atoms. The standard InChI is InChI=1S/C12H15N5OS/c1-15-6-11(4-14-15)17-3-2-16(7-12(17)18)5-10-8-19-9-13-10/h4,6,8-9H,2-3,5,7H2,1H3. The van der Waals surface area contributed by atoms with Crippen molar-refractivity contribution >= 4 is 22.9 Å². The van der Waals surface area contributed by atoms with Crippen LogP contribution in [-0.4, -0.2) is 45.2 Å². The monoisotopic (exact) mass is 277 g/mol. The van der Waals surface area contributed by atoms with Gasteiger partial charge < -0.3 is 4.90 Å². The molecule has 1 fully saturated rings. The van der Waals surface area contributed by atoms with Gasteiger partial charge in [0, 0.05) is 38.3 Å². The van der Waals surface area contributed by atoms with Crippen molar-refractivity contribution in [2.75, 3.05) is 24.5 Å². The lowest BCUT2D eigenvalue weighted by Gasteiger charge is -2.33. The van der Waals surface area contributed by atoms with E-state index in [0.717, 1.165) is 24.5 Å². The Hall–Kier alpha value is -1.73. The predicted octanol–water partition coefficient (Wildman–Crippen LogP) is 0.725. The fourth-order valence-corrected chi connectivity index (χ4v) is 2.77. The maximum absolute atomic E-state index is 12.2. The minimum atomic E-state index is 0.120. The normalized spacial score (nSPS) is 17.1. The van der Waals surface area contributed by atoms with Gasteiger partial charge in [-0.15, -0.1) is 11.3 Å². The molecule has 7 heteroatoms. The molecule has 1 aliphatic rings. The molecule has 1 aliphatic heterocycles. The Morgan fingerprint density at radius 2 is 2.32 bits per heavy atom. The Balaban J connectivity index is 1.64. The Morgan fingerprint density at radius 1 is 1.42 bits per heavy atom. The summed E-state index contributed by atoms with van der Waals surface area (Å²) in [5, 5.41) is 6.13. The number of aromatic nitrogens is 3. The Morgan fingerprint density at radius 3 is 2.95 bits per heavy atom. The van der Waals surface area contributed by atoms with Gasteiger partial charge in [0.25, 0.3) is 0 Å². The van der Waals surface area contributed by atoms with Gasteiger partial charge in [0.05, 0.1) is 29.6 Å². The molecule has 6 nitrogen and oxygen atoms in total. The molecule has 0 aliphatic carbocycles. The molecule has 0 radical (unpaired) electrons. The van der Waals surface area contributed by atoms with Crippen molar-refractivity contribution in [3.63, 3.8) is 0 Å². The molecule has 1 amide bonds. The molecule has 0 spiro atoms. The van der Waals surface area contributed by atoms with Crippen molar-refractivity contribution in [2.45, 2.75) is 6.54 Å². The lowest BCUT2D eigenvalue weighted by atomic mass is 10.2. The molecule has 2 aromatic rings. The minimum Gasteiger partial charge on any atom is -0.307 e. The summed E-state index contributed by atoms with van der Waals surface area (Å²) in [4.78, 5) is 20.4. The summed E-state index contributed by atoms with van der Waals surface area (Å²) in [7, 11) is 1.85. The maximum Gasteiger partial charge on any atom is 0.241 e. The van der Waals surface area contributed by atoms with E-state index in [2.05, 4.69) is 15.0 Å². The van der Waals surface area contributed by atoms with Crippen molar-refractivity contribution in [1.29, 1.82) is 0 Å². The van der Waals surface area contributed by atoms with Gasteiger partial charge in [0.2, 0.25) is 5.91 Å². The number of amides is 1. The molecular formula is C12H15N5OS. The number of nitrogens with zero attached hydrogens (tertiary/aromatic N) is 5. The van der Waals surface area contributed by atoms with Gasteiger partial charge in [-0.3, -0.25) is 14.4 Å². The summed E-state index contributed by atoms with van der Waals surface area (Å²) in [6, 6.07) is 0. The van der Waals surface area contributed by atoms with Crippen molar-refractivity contribution in [1.82, 2.24) is 19.7 Å². The van der Waals surface area contributed by atoms with Crippen LogP contribution < -0.4 is 4.90 Å². The molecule has 1 saturated heterocycles. The lowest BCUT2D eigenvalue weighted by Crippen LogP contribution is -2.50. The Labute approximate surface area is 115 Å². The van der Waals surface area contributed by atoms with E-state index in [4.69, 9.17) is 0 Å². The molecule has 3 heterocycles. The molecule has 0 atom stereocenters. The SMILES string of the molecule is Cn1cc(N2CCN(Cc3cscn3)CC2=O)cn1. The van der Waals surface area contributed by atoms with Crippen LogP contribution in [0.3, 0.4) is 0 Å². The number of piperazine rings is 1. The van der Waals surface area contributed by atoms with E-state index in [0.29, 0.717) is 13.1 Å². The first-order valence-corrected chi connectivity index (χ1v) is 7.05. The number of hydrogen-bond donors (Lipinski definition) is 0. The summed E-state index contributed by atoms with van der Waals surface area (Å²) in [5.41, 5.74) is 3.73. The molecule has 2 aromatic heterocycles. The van der Waals surface area contributed by atoms with E-state index in [1.165, 1.54) is 0 Å². The summed E-state index contributed by atoms with van der Waals surface area (Å²) < 4.78 is 1.71. The van der Waals surface area contributed by atoms with E-state index in [1.807, 2.05) is 24.1 Å². The number of carbonyl (C=O) groups is 1. The van der Waals surface area contributed by atoms with Crippen LogP contribution in [-0.2, 0) is 18.4 Å². The first kappa shape index (κ1) is 12.3. The molecule has 0 unspecified atom stereocenters. The van der Waals surface area contributed by atoms with Crippen molar-refractivity contribution in [3.8, 4) is 0 Å². The third kappa shape index (κ3) is 2.66.